The van der Waals surface area contributed by atoms with Crippen LogP contribution in [0, 0.1) is 6.92 Å². The molecular formula is C10H10ClN3. The van der Waals surface area contributed by atoms with Gasteiger partial charge in [-0.25, -0.2) is 9.67 Å². The molecule has 1 aromatic heterocycles. The zero-order valence-corrected chi connectivity index (χ0v) is 8.57. The smallest absolute Gasteiger partial charge is 0.138 e. The predicted octanol–water partition coefficient (Wildman–Crippen LogP) is 2.31. The third kappa shape index (κ3) is 1.63. The molecule has 0 fully saturated rings. The van der Waals surface area contributed by atoms with Gasteiger partial charge < -0.3 is 0 Å². The van der Waals surface area contributed by atoms with Crippen molar-refractivity contribution in [1.82, 2.24) is 14.8 Å². The Morgan fingerprint density at radius 3 is 2.86 bits per heavy atom. The van der Waals surface area contributed by atoms with Crippen molar-refractivity contribution in [1.29, 1.82) is 0 Å². The summed E-state index contributed by atoms with van der Waals surface area (Å²) in [5, 5.41) is 4.06. The molecule has 3 nitrogen and oxygen atoms in total. The van der Waals surface area contributed by atoms with Crippen LogP contribution >= 0.6 is 11.6 Å². The standard InChI is InChI=1S/C10H10ClN3/c1-8-4-10(3-2-9(8)5-11)14-7-12-6-13-14/h2-4,6-7H,5H2,1H3. The molecule has 0 N–H and O–H groups in total. The van der Waals surface area contributed by atoms with E-state index >= 15 is 0 Å². The Morgan fingerprint density at radius 2 is 2.29 bits per heavy atom. The number of rotatable bonds is 2. The van der Waals surface area contributed by atoms with Crippen molar-refractivity contribution in [2.45, 2.75) is 12.8 Å². The molecule has 0 bridgehead atoms. The number of halogens is 1. The fraction of sp³-hybridized carbons (Fsp3) is 0.200. The number of hydrogen-bond acceptors (Lipinski definition) is 2. The molecule has 0 saturated heterocycles. The Bertz CT molecular complexity index is 423. The largest absolute Gasteiger partial charge is 0.223 e. The van der Waals surface area contributed by atoms with Gasteiger partial charge in [0, 0.05) is 5.88 Å². The molecule has 72 valence electrons. The van der Waals surface area contributed by atoms with Gasteiger partial charge in [-0.05, 0) is 30.2 Å². The lowest BCUT2D eigenvalue weighted by molar-refractivity contribution is 0.876. The summed E-state index contributed by atoms with van der Waals surface area (Å²) in [6.07, 6.45) is 3.19. The maximum absolute atomic E-state index is 5.77. The molecule has 0 radical (unpaired) electrons. The highest BCUT2D eigenvalue weighted by atomic mass is 35.5. The van der Waals surface area contributed by atoms with Crippen molar-refractivity contribution in [2.75, 3.05) is 0 Å². The van der Waals surface area contributed by atoms with Crippen molar-refractivity contribution in [3.63, 3.8) is 0 Å². The van der Waals surface area contributed by atoms with E-state index in [-0.39, 0.29) is 0 Å². The van der Waals surface area contributed by atoms with Crippen molar-refractivity contribution in [2.24, 2.45) is 0 Å². The Labute approximate surface area is 87.3 Å². The first-order valence-corrected chi connectivity index (χ1v) is 4.85. The summed E-state index contributed by atoms with van der Waals surface area (Å²) in [5.41, 5.74) is 3.33. The summed E-state index contributed by atoms with van der Waals surface area (Å²) in [5.74, 6) is 0.545. The van der Waals surface area contributed by atoms with Crippen LogP contribution in [0.25, 0.3) is 5.69 Å². The van der Waals surface area contributed by atoms with E-state index in [9.17, 15) is 0 Å². The second-order valence-electron chi connectivity index (χ2n) is 3.08. The molecule has 2 aromatic rings. The first kappa shape index (κ1) is 9.21. The third-order valence-corrected chi connectivity index (χ3v) is 2.44. The van der Waals surface area contributed by atoms with Crippen LogP contribution in [-0.4, -0.2) is 14.8 Å². The summed E-state index contributed by atoms with van der Waals surface area (Å²) in [7, 11) is 0. The first-order chi connectivity index (χ1) is 6.81. The molecule has 0 saturated carbocycles. The first-order valence-electron chi connectivity index (χ1n) is 4.32. The van der Waals surface area contributed by atoms with Crippen LogP contribution in [0.3, 0.4) is 0 Å². The highest BCUT2D eigenvalue weighted by molar-refractivity contribution is 6.17. The third-order valence-electron chi connectivity index (χ3n) is 2.15. The molecule has 4 heteroatoms. The fourth-order valence-corrected chi connectivity index (χ4v) is 1.61. The van der Waals surface area contributed by atoms with E-state index in [4.69, 9.17) is 11.6 Å². The quantitative estimate of drug-likeness (QED) is 0.708. The summed E-state index contributed by atoms with van der Waals surface area (Å²) < 4.78 is 1.73. The van der Waals surface area contributed by atoms with Gasteiger partial charge in [-0.3, -0.25) is 0 Å². The fourth-order valence-electron chi connectivity index (χ4n) is 1.31. The monoisotopic (exact) mass is 207 g/mol. The van der Waals surface area contributed by atoms with Gasteiger partial charge in [0.1, 0.15) is 12.7 Å². The van der Waals surface area contributed by atoms with Crippen molar-refractivity contribution in [3.8, 4) is 5.69 Å². The second-order valence-corrected chi connectivity index (χ2v) is 3.35. The van der Waals surface area contributed by atoms with Crippen molar-refractivity contribution >= 4 is 11.6 Å². The normalized spacial score (nSPS) is 10.4. The van der Waals surface area contributed by atoms with E-state index < -0.39 is 0 Å². The van der Waals surface area contributed by atoms with Gasteiger partial charge in [-0.1, -0.05) is 6.07 Å². The van der Waals surface area contributed by atoms with E-state index in [1.54, 1.807) is 11.0 Å². The number of alkyl halides is 1. The molecule has 0 unspecified atom stereocenters. The Balaban J connectivity index is 2.43. The molecule has 0 aliphatic carbocycles. The highest BCUT2D eigenvalue weighted by Gasteiger charge is 2.00. The van der Waals surface area contributed by atoms with Gasteiger partial charge in [0.25, 0.3) is 0 Å². The van der Waals surface area contributed by atoms with Gasteiger partial charge in [0.15, 0.2) is 0 Å². The zero-order chi connectivity index (χ0) is 9.97. The molecule has 0 atom stereocenters. The lowest BCUT2D eigenvalue weighted by Gasteiger charge is -2.05. The van der Waals surface area contributed by atoms with Crippen LogP contribution in [0.4, 0.5) is 0 Å². The van der Waals surface area contributed by atoms with E-state index in [1.165, 1.54) is 11.9 Å². The van der Waals surface area contributed by atoms with E-state index in [2.05, 4.69) is 10.1 Å². The van der Waals surface area contributed by atoms with Gasteiger partial charge >= 0.3 is 0 Å². The number of hydrogen-bond donors (Lipinski definition) is 0. The van der Waals surface area contributed by atoms with Crippen LogP contribution in [-0.2, 0) is 5.88 Å². The summed E-state index contributed by atoms with van der Waals surface area (Å²) in [6, 6.07) is 6.05. The van der Waals surface area contributed by atoms with Crippen LogP contribution in [0.15, 0.2) is 30.9 Å². The summed E-state index contributed by atoms with van der Waals surface area (Å²) >= 11 is 5.77. The molecule has 2 rings (SSSR count). The number of benzene rings is 1. The van der Waals surface area contributed by atoms with E-state index in [0.29, 0.717) is 5.88 Å². The van der Waals surface area contributed by atoms with Gasteiger partial charge in [-0.2, -0.15) is 5.10 Å². The maximum atomic E-state index is 5.77. The molecule has 0 spiro atoms. The minimum Gasteiger partial charge on any atom is -0.223 e. The Hall–Kier alpha value is -1.35. The molecule has 0 amide bonds. The van der Waals surface area contributed by atoms with Crippen LogP contribution < -0.4 is 0 Å². The maximum Gasteiger partial charge on any atom is 0.138 e. The molecular weight excluding hydrogens is 198 g/mol. The highest BCUT2D eigenvalue weighted by Crippen LogP contribution is 2.15. The minimum atomic E-state index is 0.545. The molecule has 0 aliphatic rings. The average molecular weight is 208 g/mol. The van der Waals surface area contributed by atoms with Gasteiger partial charge in [-0.15, -0.1) is 11.6 Å². The summed E-state index contributed by atoms with van der Waals surface area (Å²) in [6.45, 7) is 2.04. The Kier molecular flexibility index (Phi) is 2.50. The van der Waals surface area contributed by atoms with Crippen LogP contribution in [0.2, 0.25) is 0 Å². The number of aromatic nitrogens is 3. The topological polar surface area (TPSA) is 30.7 Å². The average Bonchev–Trinajstić information content (AvgIpc) is 2.70. The van der Waals surface area contributed by atoms with Crippen molar-refractivity contribution in [3.05, 3.63) is 42.0 Å². The number of nitrogens with zero attached hydrogens (tertiary/aromatic N) is 3. The van der Waals surface area contributed by atoms with E-state index in [0.717, 1.165) is 11.3 Å². The minimum absolute atomic E-state index is 0.545. The predicted molar refractivity (Wildman–Crippen MR) is 55.7 cm³/mol. The lowest BCUT2D eigenvalue weighted by Crippen LogP contribution is -1.96. The van der Waals surface area contributed by atoms with E-state index in [1.807, 2.05) is 25.1 Å². The molecule has 14 heavy (non-hydrogen) atoms. The van der Waals surface area contributed by atoms with Gasteiger partial charge in [0.05, 0.1) is 5.69 Å². The summed E-state index contributed by atoms with van der Waals surface area (Å²) in [4.78, 5) is 3.90. The molecule has 1 heterocycles. The van der Waals surface area contributed by atoms with Crippen LogP contribution in [0.5, 0.6) is 0 Å². The van der Waals surface area contributed by atoms with Gasteiger partial charge in [0.2, 0.25) is 0 Å². The second kappa shape index (κ2) is 3.80. The Morgan fingerprint density at radius 1 is 1.43 bits per heavy atom. The molecule has 0 aliphatic heterocycles. The SMILES string of the molecule is Cc1cc(-n2cncn2)ccc1CCl. The van der Waals surface area contributed by atoms with Crippen LogP contribution in [0.1, 0.15) is 11.1 Å². The zero-order valence-electron chi connectivity index (χ0n) is 7.81. The molecule has 1 aromatic carbocycles. The lowest BCUT2D eigenvalue weighted by atomic mass is 10.1. The number of aryl methyl sites for hydroxylation is 1. The van der Waals surface area contributed by atoms with Crippen molar-refractivity contribution < 1.29 is 0 Å².